The first kappa shape index (κ1) is 17.7. The summed E-state index contributed by atoms with van der Waals surface area (Å²) in [5.74, 6) is 0. The van der Waals surface area contributed by atoms with Gasteiger partial charge in [0.2, 0.25) is 10.0 Å². The maximum absolute atomic E-state index is 12.8. The van der Waals surface area contributed by atoms with Crippen molar-refractivity contribution in [1.29, 1.82) is 0 Å². The van der Waals surface area contributed by atoms with E-state index in [2.05, 4.69) is 9.82 Å². The number of nitrogens with zero attached hydrogens (tertiary/aromatic N) is 2. The number of hydrogen-bond donors (Lipinski definition) is 1. The predicted octanol–water partition coefficient (Wildman–Crippen LogP) is 2.92. The highest BCUT2D eigenvalue weighted by Gasteiger charge is 2.23. The summed E-state index contributed by atoms with van der Waals surface area (Å²) in [6.07, 6.45) is 3.55. The zero-order chi connectivity index (χ0) is 17.4. The van der Waals surface area contributed by atoms with Gasteiger partial charge in [0.05, 0.1) is 11.1 Å². The number of benzene rings is 1. The standard InChI is InChI=1S/C17H25N3O2S/c1-7-20-10-16(8-18-20)9-19-23(21,22)17-14(5)12(3)11(2)13(4)15(17)6/h8,10,19H,7,9H2,1-6H3. The Balaban J connectivity index is 2.36. The molecule has 0 amide bonds. The maximum Gasteiger partial charge on any atom is 0.241 e. The van der Waals surface area contributed by atoms with Crippen LogP contribution in [0.5, 0.6) is 0 Å². The lowest BCUT2D eigenvalue weighted by Crippen LogP contribution is -2.25. The molecule has 5 nitrogen and oxygen atoms in total. The Morgan fingerprint density at radius 3 is 2.00 bits per heavy atom. The van der Waals surface area contributed by atoms with Gasteiger partial charge in [-0.2, -0.15) is 5.10 Å². The van der Waals surface area contributed by atoms with Gasteiger partial charge in [-0.1, -0.05) is 0 Å². The van der Waals surface area contributed by atoms with Crippen LogP contribution in [0.1, 0.15) is 40.3 Å². The van der Waals surface area contributed by atoms with E-state index in [1.54, 1.807) is 10.9 Å². The minimum Gasteiger partial charge on any atom is -0.273 e. The van der Waals surface area contributed by atoms with E-state index in [4.69, 9.17) is 0 Å². The molecule has 6 heteroatoms. The number of sulfonamides is 1. The second kappa shape index (κ2) is 6.45. The van der Waals surface area contributed by atoms with Crippen LogP contribution in [0, 0.1) is 34.6 Å². The van der Waals surface area contributed by atoms with Crippen LogP contribution in [-0.4, -0.2) is 18.2 Å². The molecule has 1 heterocycles. The fourth-order valence-corrected chi connectivity index (χ4v) is 4.40. The third kappa shape index (κ3) is 3.33. The number of rotatable bonds is 5. The highest BCUT2D eigenvalue weighted by atomic mass is 32.2. The molecule has 0 aliphatic heterocycles. The second-order valence-electron chi connectivity index (χ2n) is 5.98. The fraction of sp³-hybridized carbons (Fsp3) is 0.471. The van der Waals surface area contributed by atoms with Crippen molar-refractivity contribution in [2.75, 3.05) is 0 Å². The molecule has 0 radical (unpaired) electrons. The Bertz CT molecular complexity index is 807. The minimum absolute atomic E-state index is 0.243. The lowest BCUT2D eigenvalue weighted by atomic mass is 9.95. The van der Waals surface area contributed by atoms with Crippen LogP contribution >= 0.6 is 0 Å². The summed E-state index contributed by atoms with van der Waals surface area (Å²) in [7, 11) is -3.57. The molecule has 2 rings (SSSR count). The summed E-state index contributed by atoms with van der Waals surface area (Å²) in [6, 6.07) is 0. The monoisotopic (exact) mass is 335 g/mol. The smallest absolute Gasteiger partial charge is 0.241 e. The largest absolute Gasteiger partial charge is 0.273 e. The zero-order valence-corrected chi connectivity index (χ0v) is 15.5. The molecule has 1 aromatic heterocycles. The lowest BCUT2D eigenvalue weighted by molar-refractivity contribution is 0.579. The predicted molar refractivity (Wildman–Crippen MR) is 92.1 cm³/mol. The first-order valence-electron chi connectivity index (χ1n) is 7.77. The number of hydrogen-bond acceptors (Lipinski definition) is 3. The first-order valence-corrected chi connectivity index (χ1v) is 9.25. The van der Waals surface area contributed by atoms with Crippen molar-refractivity contribution in [2.45, 2.75) is 59.5 Å². The summed E-state index contributed by atoms with van der Waals surface area (Å²) in [4.78, 5) is 0.404. The highest BCUT2D eigenvalue weighted by Crippen LogP contribution is 2.29. The molecule has 0 atom stereocenters. The second-order valence-corrected chi connectivity index (χ2v) is 7.69. The van der Waals surface area contributed by atoms with Crippen molar-refractivity contribution >= 4 is 10.0 Å². The average molecular weight is 335 g/mol. The SMILES string of the molecule is CCn1cc(CNS(=O)(=O)c2c(C)c(C)c(C)c(C)c2C)cn1. The lowest BCUT2D eigenvalue weighted by Gasteiger charge is -2.18. The summed E-state index contributed by atoms with van der Waals surface area (Å²) < 4.78 is 30.1. The van der Waals surface area contributed by atoms with Gasteiger partial charge in [-0.15, -0.1) is 0 Å². The van der Waals surface area contributed by atoms with E-state index in [9.17, 15) is 8.42 Å². The molecule has 0 saturated heterocycles. The Morgan fingerprint density at radius 2 is 1.52 bits per heavy atom. The molecule has 0 spiro atoms. The molecule has 2 aromatic rings. The average Bonchev–Trinajstić information content (AvgIpc) is 2.97. The van der Waals surface area contributed by atoms with Gasteiger partial charge in [-0.25, -0.2) is 13.1 Å². The molecule has 23 heavy (non-hydrogen) atoms. The molecular weight excluding hydrogens is 310 g/mol. The van der Waals surface area contributed by atoms with Crippen molar-refractivity contribution in [3.8, 4) is 0 Å². The quantitative estimate of drug-likeness (QED) is 0.914. The maximum atomic E-state index is 12.8. The van der Waals surface area contributed by atoms with Gasteiger partial charge < -0.3 is 0 Å². The Hall–Kier alpha value is -1.66. The van der Waals surface area contributed by atoms with E-state index in [0.717, 1.165) is 39.9 Å². The van der Waals surface area contributed by atoms with E-state index >= 15 is 0 Å². The van der Waals surface area contributed by atoms with Crippen LogP contribution in [0.2, 0.25) is 0 Å². The molecule has 0 saturated carbocycles. The van der Waals surface area contributed by atoms with E-state index in [0.29, 0.717) is 4.90 Å². The topological polar surface area (TPSA) is 64.0 Å². The van der Waals surface area contributed by atoms with E-state index < -0.39 is 10.0 Å². The van der Waals surface area contributed by atoms with Crippen LogP contribution in [0.15, 0.2) is 17.3 Å². The van der Waals surface area contributed by atoms with Gasteiger partial charge in [0, 0.05) is 24.8 Å². The van der Waals surface area contributed by atoms with Crippen molar-refractivity contribution < 1.29 is 8.42 Å². The minimum atomic E-state index is -3.57. The highest BCUT2D eigenvalue weighted by molar-refractivity contribution is 7.89. The van der Waals surface area contributed by atoms with Crippen LogP contribution < -0.4 is 4.72 Å². The molecule has 126 valence electrons. The fourth-order valence-electron chi connectivity index (χ4n) is 2.79. The Kier molecular flexibility index (Phi) is 4.96. The normalized spacial score (nSPS) is 11.9. The van der Waals surface area contributed by atoms with Crippen LogP contribution in [0.4, 0.5) is 0 Å². The van der Waals surface area contributed by atoms with Gasteiger partial charge in [0.25, 0.3) is 0 Å². The summed E-state index contributed by atoms with van der Waals surface area (Å²) in [6.45, 7) is 12.7. The Labute approximate surface area is 138 Å². The summed E-state index contributed by atoms with van der Waals surface area (Å²) >= 11 is 0. The molecule has 0 aliphatic rings. The summed E-state index contributed by atoms with van der Waals surface area (Å²) in [5, 5.41) is 4.16. The molecular formula is C17H25N3O2S. The molecule has 1 N–H and O–H groups in total. The van der Waals surface area contributed by atoms with Crippen molar-refractivity contribution in [3.63, 3.8) is 0 Å². The third-order valence-electron chi connectivity index (χ3n) is 4.68. The number of aryl methyl sites for hydroxylation is 1. The van der Waals surface area contributed by atoms with E-state index in [1.165, 1.54) is 0 Å². The van der Waals surface area contributed by atoms with E-state index in [-0.39, 0.29) is 6.54 Å². The van der Waals surface area contributed by atoms with Crippen LogP contribution in [-0.2, 0) is 23.1 Å². The van der Waals surface area contributed by atoms with Gasteiger partial charge in [-0.05, 0) is 69.4 Å². The van der Waals surface area contributed by atoms with Gasteiger partial charge in [0.1, 0.15) is 0 Å². The van der Waals surface area contributed by atoms with Gasteiger partial charge in [0.15, 0.2) is 0 Å². The summed E-state index contributed by atoms with van der Waals surface area (Å²) in [5.41, 5.74) is 5.72. The van der Waals surface area contributed by atoms with Gasteiger partial charge >= 0.3 is 0 Å². The van der Waals surface area contributed by atoms with Crippen molar-refractivity contribution in [2.24, 2.45) is 0 Å². The van der Waals surface area contributed by atoms with Crippen molar-refractivity contribution in [3.05, 3.63) is 45.8 Å². The van der Waals surface area contributed by atoms with Crippen LogP contribution in [0.3, 0.4) is 0 Å². The first-order chi connectivity index (χ1) is 10.7. The number of aromatic nitrogens is 2. The number of nitrogens with one attached hydrogen (secondary N) is 1. The Morgan fingerprint density at radius 1 is 1.00 bits per heavy atom. The molecule has 0 unspecified atom stereocenters. The third-order valence-corrected chi connectivity index (χ3v) is 6.35. The molecule has 0 bridgehead atoms. The molecule has 0 aliphatic carbocycles. The van der Waals surface area contributed by atoms with Gasteiger partial charge in [-0.3, -0.25) is 4.68 Å². The van der Waals surface area contributed by atoms with E-state index in [1.807, 2.05) is 47.7 Å². The van der Waals surface area contributed by atoms with Crippen LogP contribution in [0.25, 0.3) is 0 Å². The van der Waals surface area contributed by atoms with Crippen molar-refractivity contribution in [1.82, 2.24) is 14.5 Å². The molecule has 0 fully saturated rings. The molecule has 1 aromatic carbocycles. The zero-order valence-electron chi connectivity index (χ0n) is 14.7.